The van der Waals surface area contributed by atoms with Gasteiger partial charge in [-0.15, -0.1) is 0 Å². The maximum absolute atomic E-state index is 13.2. The Morgan fingerprint density at radius 1 is 1.00 bits per heavy atom. The predicted molar refractivity (Wildman–Crippen MR) is 104 cm³/mol. The molecule has 0 bridgehead atoms. The number of rotatable bonds is 3. The van der Waals surface area contributed by atoms with Crippen LogP contribution in [0.4, 0.5) is 10.1 Å². The summed E-state index contributed by atoms with van der Waals surface area (Å²) < 4.78 is 51.9. The zero-order chi connectivity index (χ0) is 20.0. The molecule has 1 aromatic heterocycles. The third-order valence-corrected chi connectivity index (χ3v) is 7.19. The van der Waals surface area contributed by atoms with Crippen LogP contribution in [-0.4, -0.2) is 44.1 Å². The molecule has 0 spiro atoms. The Morgan fingerprint density at radius 2 is 1.76 bits per heavy atom. The molecule has 0 amide bonds. The Bertz CT molecular complexity index is 1150. The van der Waals surface area contributed by atoms with Crippen molar-refractivity contribution in [2.75, 3.05) is 31.1 Å². The standard InChI is InChI=1S/C20H18FN3O4S/c21-15-1-3-16(4-2-15)23-7-9-24(10-8-23)29(25,26)17-5-6-19-18(11-17)20-14(13-27-19)12-22-28-20/h1-6,11-12H,7-10,13H2. The quantitative estimate of drug-likeness (QED) is 0.655. The molecule has 0 saturated carbocycles. The third-order valence-electron chi connectivity index (χ3n) is 5.29. The molecule has 1 saturated heterocycles. The van der Waals surface area contributed by atoms with E-state index in [1.54, 1.807) is 36.5 Å². The van der Waals surface area contributed by atoms with E-state index in [-0.39, 0.29) is 10.7 Å². The Balaban J connectivity index is 1.37. The van der Waals surface area contributed by atoms with Gasteiger partial charge in [-0.05, 0) is 42.5 Å². The number of sulfonamides is 1. The first-order valence-corrected chi connectivity index (χ1v) is 10.7. The van der Waals surface area contributed by atoms with Gasteiger partial charge in [0.05, 0.1) is 22.2 Å². The maximum atomic E-state index is 13.2. The van der Waals surface area contributed by atoms with Crippen LogP contribution in [0.3, 0.4) is 0 Å². The Labute approximate surface area is 167 Å². The monoisotopic (exact) mass is 415 g/mol. The molecule has 9 heteroatoms. The van der Waals surface area contributed by atoms with Gasteiger partial charge in [-0.2, -0.15) is 4.31 Å². The number of hydrogen-bond acceptors (Lipinski definition) is 6. The minimum atomic E-state index is -3.66. The fourth-order valence-corrected chi connectivity index (χ4v) is 5.15. The lowest BCUT2D eigenvalue weighted by atomic mass is 10.1. The molecule has 0 aliphatic carbocycles. The summed E-state index contributed by atoms with van der Waals surface area (Å²) in [5, 5.41) is 3.78. The lowest BCUT2D eigenvalue weighted by Crippen LogP contribution is -2.48. The van der Waals surface area contributed by atoms with Crippen molar-refractivity contribution in [3.05, 3.63) is 60.0 Å². The molecule has 150 valence electrons. The molecule has 5 rings (SSSR count). The molecule has 1 fully saturated rings. The summed E-state index contributed by atoms with van der Waals surface area (Å²) >= 11 is 0. The van der Waals surface area contributed by atoms with Gasteiger partial charge in [-0.25, -0.2) is 12.8 Å². The Kier molecular flexibility index (Phi) is 4.29. The van der Waals surface area contributed by atoms with E-state index < -0.39 is 10.0 Å². The van der Waals surface area contributed by atoms with E-state index in [1.807, 2.05) is 4.90 Å². The highest BCUT2D eigenvalue weighted by atomic mass is 32.2. The van der Waals surface area contributed by atoms with Crippen molar-refractivity contribution in [3.8, 4) is 17.1 Å². The van der Waals surface area contributed by atoms with Crippen LogP contribution in [0.25, 0.3) is 11.3 Å². The van der Waals surface area contributed by atoms with Gasteiger partial charge in [0, 0.05) is 31.9 Å². The zero-order valence-corrected chi connectivity index (χ0v) is 16.2. The highest BCUT2D eigenvalue weighted by Gasteiger charge is 2.31. The second-order valence-corrected chi connectivity index (χ2v) is 8.93. The lowest BCUT2D eigenvalue weighted by molar-refractivity contribution is 0.297. The smallest absolute Gasteiger partial charge is 0.243 e. The summed E-state index contributed by atoms with van der Waals surface area (Å²) in [6.45, 7) is 2.11. The van der Waals surface area contributed by atoms with Crippen molar-refractivity contribution in [1.29, 1.82) is 0 Å². The number of benzene rings is 2. The molecule has 29 heavy (non-hydrogen) atoms. The molecule has 3 aromatic rings. The van der Waals surface area contributed by atoms with E-state index in [9.17, 15) is 12.8 Å². The van der Waals surface area contributed by atoms with E-state index in [2.05, 4.69) is 5.16 Å². The third kappa shape index (κ3) is 3.16. The zero-order valence-electron chi connectivity index (χ0n) is 15.4. The molecule has 0 unspecified atom stereocenters. The van der Waals surface area contributed by atoms with Gasteiger partial charge >= 0.3 is 0 Å². The van der Waals surface area contributed by atoms with E-state index >= 15 is 0 Å². The Morgan fingerprint density at radius 3 is 2.52 bits per heavy atom. The van der Waals surface area contributed by atoms with Gasteiger partial charge in [-0.1, -0.05) is 5.16 Å². The van der Waals surface area contributed by atoms with E-state index in [1.165, 1.54) is 16.4 Å². The largest absolute Gasteiger partial charge is 0.488 e. The molecule has 0 radical (unpaired) electrons. The minimum absolute atomic E-state index is 0.194. The van der Waals surface area contributed by atoms with Crippen molar-refractivity contribution in [2.45, 2.75) is 11.5 Å². The van der Waals surface area contributed by atoms with Crippen LogP contribution in [-0.2, 0) is 16.6 Å². The fourth-order valence-electron chi connectivity index (χ4n) is 3.70. The van der Waals surface area contributed by atoms with Gasteiger partial charge < -0.3 is 14.2 Å². The SMILES string of the molecule is O=S(=O)(c1ccc2c(c1)-c1oncc1CO2)N1CCN(c2ccc(F)cc2)CC1. The number of anilines is 1. The molecule has 3 heterocycles. The topological polar surface area (TPSA) is 75.9 Å². The van der Waals surface area contributed by atoms with Crippen LogP contribution in [0, 0.1) is 5.82 Å². The predicted octanol–water partition coefficient (Wildman–Crippen LogP) is 2.88. The molecule has 7 nitrogen and oxygen atoms in total. The molecular formula is C20H18FN3O4S. The molecule has 0 atom stereocenters. The van der Waals surface area contributed by atoms with Crippen LogP contribution < -0.4 is 9.64 Å². The van der Waals surface area contributed by atoms with Crippen molar-refractivity contribution in [2.24, 2.45) is 0 Å². The van der Waals surface area contributed by atoms with Gasteiger partial charge in [-0.3, -0.25) is 0 Å². The normalized spacial score (nSPS) is 16.8. The van der Waals surface area contributed by atoms with Gasteiger partial charge in [0.25, 0.3) is 0 Å². The van der Waals surface area contributed by atoms with E-state index in [0.717, 1.165) is 11.3 Å². The summed E-state index contributed by atoms with van der Waals surface area (Å²) in [4.78, 5) is 2.24. The van der Waals surface area contributed by atoms with Gasteiger partial charge in [0.15, 0.2) is 5.76 Å². The average Bonchev–Trinajstić information content (AvgIpc) is 3.23. The number of hydrogen-bond donors (Lipinski definition) is 0. The fraction of sp³-hybridized carbons (Fsp3) is 0.250. The summed E-state index contributed by atoms with van der Waals surface area (Å²) in [5.41, 5.74) is 2.27. The summed E-state index contributed by atoms with van der Waals surface area (Å²) in [7, 11) is -3.66. The molecule has 0 N–H and O–H groups in total. The van der Waals surface area contributed by atoms with Crippen LogP contribution in [0.2, 0.25) is 0 Å². The number of halogens is 1. The van der Waals surface area contributed by atoms with Crippen LogP contribution in [0.1, 0.15) is 5.56 Å². The van der Waals surface area contributed by atoms with Crippen LogP contribution in [0.5, 0.6) is 5.75 Å². The summed E-state index contributed by atoms with van der Waals surface area (Å²) in [6, 6.07) is 11.0. The van der Waals surface area contributed by atoms with Crippen molar-refractivity contribution in [3.63, 3.8) is 0 Å². The number of fused-ring (bicyclic) bond motifs is 3. The van der Waals surface area contributed by atoms with Crippen molar-refractivity contribution < 1.29 is 22.1 Å². The lowest BCUT2D eigenvalue weighted by Gasteiger charge is -2.35. The van der Waals surface area contributed by atoms with Crippen molar-refractivity contribution >= 4 is 15.7 Å². The first-order valence-electron chi connectivity index (χ1n) is 9.24. The van der Waals surface area contributed by atoms with Gasteiger partial charge in [0.1, 0.15) is 18.2 Å². The van der Waals surface area contributed by atoms with E-state index in [4.69, 9.17) is 9.26 Å². The highest BCUT2D eigenvalue weighted by Crippen LogP contribution is 2.39. The van der Waals surface area contributed by atoms with E-state index in [0.29, 0.717) is 49.9 Å². The second-order valence-electron chi connectivity index (χ2n) is 6.99. The highest BCUT2D eigenvalue weighted by molar-refractivity contribution is 7.89. The number of nitrogens with zero attached hydrogens (tertiary/aromatic N) is 3. The first-order chi connectivity index (χ1) is 14.0. The maximum Gasteiger partial charge on any atom is 0.243 e. The second kappa shape index (κ2) is 6.85. The Hall–Kier alpha value is -2.91. The van der Waals surface area contributed by atoms with Gasteiger partial charge in [0.2, 0.25) is 10.0 Å². The first kappa shape index (κ1) is 18.1. The number of piperazine rings is 1. The van der Waals surface area contributed by atoms with Crippen LogP contribution in [0.15, 0.2) is 58.1 Å². The van der Waals surface area contributed by atoms with Crippen LogP contribution >= 0.6 is 0 Å². The molecule has 2 aliphatic heterocycles. The number of ether oxygens (including phenoxy) is 1. The van der Waals surface area contributed by atoms with Crippen molar-refractivity contribution in [1.82, 2.24) is 9.46 Å². The average molecular weight is 415 g/mol. The molecule has 2 aliphatic rings. The summed E-state index contributed by atoms with van der Waals surface area (Å²) in [5.74, 6) is 0.833. The molecule has 2 aromatic carbocycles. The molecular weight excluding hydrogens is 397 g/mol. The minimum Gasteiger partial charge on any atom is -0.488 e. The summed E-state index contributed by atoms with van der Waals surface area (Å²) in [6.07, 6.45) is 1.58. The number of aromatic nitrogens is 1.